The minimum Gasteiger partial charge on any atom is -0.484 e. The van der Waals surface area contributed by atoms with Crippen LogP contribution in [-0.2, 0) is 11.3 Å². The Bertz CT molecular complexity index is 1050. The fourth-order valence-corrected chi connectivity index (χ4v) is 3.83. The Morgan fingerprint density at radius 1 is 1.10 bits per heavy atom. The lowest BCUT2D eigenvalue weighted by atomic mass is 10.0. The van der Waals surface area contributed by atoms with Gasteiger partial charge < -0.3 is 10.1 Å². The molecule has 0 bridgehead atoms. The fourth-order valence-electron chi connectivity index (χ4n) is 3.83. The lowest BCUT2D eigenvalue weighted by Gasteiger charge is -2.11. The molecule has 4 rings (SSSR count). The monoisotopic (exact) mass is 391 g/mol. The van der Waals surface area contributed by atoms with Gasteiger partial charge in [-0.2, -0.15) is 0 Å². The van der Waals surface area contributed by atoms with Gasteiger partial charge in [0.2, 0.25) is 0 Å². The van der Waals surface area contributed by atoms with Gasteiger partial charge in [0.1, 0.15) is 5.75 Å². The van der Waals surface area contributed by atoms with Crippen LogP contribution in [0.15, 0.2) is 59.7 Å². The maximum absolute atomic E-state index is 12.3. The highest BCUT2D eigenvalue weighted by Crippen LogP contribution is 2.32. The summed E-state index contributed by atoms with van der Waals surface area (Å²) in [7, 11) is 0. The number of benzene rings is 2. The van der Waals surface area contributed by atoms with E-state index < -0.39 is 0 Å². The molecule has 3 aromatic rings. The van der Waals surface area contributed by atoms with E-state index in [4.69, 9.17) is 4.74 Å². The van der Waals surface area contributed by atoms with E-state index >= 15 is 0 Å². The molecule has 0 unspecified atom stereocenters. The number of aromatic nitrogens is 2. The molecule has 0 saturated heterocycles. The smallest absolute Gasteiger partial charge is 0.258 e. The van der Waals surface area contributed by atoms with Crippen LogP contribution >= 0.6 is 0 Å². The number of carbonyl (C=O) groups is 1. The van der Waals surface area contributed by atoms with Crippen molar-refractivity contribution in [2.24, 2.45) is 0 Å². The van der Waals surface area contributed by atoms with E-state index in [1.165, 1.54) is 17.4 Å². The van der Waals surface area contributed by atoms with Crippen LogP contribution in [0.4, 0.5) is 0 Å². The van der Waals surface area contributed by atoms with Crippen molar-refractivity contribution in [1.82, 2.24) is 14.9 Å². The first-order valence-corrected chi connectivity index (χ1v) is 10.1. The molecule has 0 radical (unpaired) electrons. The molecule has 6 nitrogen and oxygen atoms in total. The van der Waals surface area contributed by atoms with Gasteiger partial charge in [0.15, 0.2) is 6.61 Å². The maximum atomic E-state index is 12.3. The molecule has 1 aromatic heterocycles. The molecule has 1 heterocycles. The van der Waals surface area contributed by atoms with Gasteiger partial charge in [0.05, 0.1) is 12.0 Å². The van der Waals surface area contributed by atoms with Gasteiger partial charge in [0, 0.05) is 25.1 Å². The van der Waals surface area contributed by atoms with Crippen LogP contribution in [0.25, 0.3) is 10.8 Å². The first-order valence-electron chi connectivity index (χ1n) is 10.1. The highest BCUT2D eigenvalue weighted by molar-refractivity contribution is 5.84. The van der Waals surface area contributed by atoms with Gasteiger partial charge >= 0.3 is 0 Å². The molecular formula is C23H25N3O3. The lowest BCUT2D eigenvalue weighted by molar-refractivity contribution is -0.123. The number of nitrogens with one attached hydrogen (secondary N) is 1. The van der Waals surface area contributed by atoms with Gasteiger partial charge in [-0.05, 0) is 35.7 Å². The zero-order valence-electron chi connectivity index (χ0n) is 16.3. The SMILES string of the molecule is O=C(COc1ccc2ccccc2c1)NCCn1cnc(C2CCCC2)cc1=O. The number of fused-ring (bicyclic) bond motifs is 1. The summed E-state index contributed by atoms with van der Waals surface area (Å²) in [5.41, 5.74) is 0.833. The highest BCUT2D eigenvalue weighted by Gasteiger charge is 2.18. The zero-order chi connectivity index (χ0) is 20.1. The summed E-state index contributed by atoms with van der Waals surface area (Å²) in [6.45, 7) is 0.675. The molecule has 1 amide bonds. The van der Waals surface area contributed by atoms with Crippen LogP contribution in [0.1, 0.15) is 37.3 Å². The van der Waals surface area contributed by atoms with Crippen molar-refractivity contribution in [2.45, 2.75) is 38.1 Å². The van der Waals surface area contributed by atoms with Crippen molar-refractivity contribution in [3.05, 3.63) is 70.9 Å². The minimum absolute atomic E-state index is 0.0634. The van der Waals surface area contributed by atoms with Crippen LogP contribution in [0.5, 0.6) is 5.75 Å². The quantitative estimate of drug-likeness (QED) is 0.671. The van der Waals surface area contributed by atoms with Crippen molar-refractivity contribution < 1.29 is 9.53 Å². The Hall–Kier alpha value is -3.15. The lowest BCUT2D eigenvalue weighted by Crippen LogP contribution is -2.33. The van der Waals surface area contributed by atoms with E-state index in [9.17, 15) is 9.59 Å². The van der Waals surface area contributed by atoms with E-state index in [-0.39, 0.29) is 18.1 Å². The summed E-state index contributed by atoms with van der Waals surface area (Å²) in [5.74, 6) is 0.854. The molecule has 1 saturated carbocycles. The summed E-state index contributed by atoms with van der Waals surface area (Å²) in [6.07, 6.45) is 6.24. The Labute approximate surface area is 169 Å². The highest BCUT2D eigenvalue weighted by atomic mass is 16.5. The molecule has 1 N–H and O–H groups in total. The third-order valence-corrected chi connectivity index (χ3v) is 5.44. The van der Waals surface area contributed by atoms with E-state index in [1.807, 2.05) is 42.5 Å². The van der Waals surface area contributed by atoms with Crippen molar-refractivity contribution in [2.75, 3.05) is 13.2 Å². The van der Waals surface area contributed by atoms with Crippen molar-refractivity contribution in [3.63, 3.8) is 0 Å². The number of nitrogens with zero attached hydrogens (tertiary/aromatic N) is 2. The van der Waals surface area contributed by atoms with Gasteiger partial charge in [-0.3, -0.25) is 14.2 Å². The molecule has 1 fully saturated rings. The van der Waals surface area contributed by atoms with Gasteiger partial charge in [-0.25, -0.2) is 4.98 Å². The van der Waals surface area contributed by atoms with E-state index in [0.717, 1.165) is 29.3 Å². The van der Waals surface area contributed by atoms with Crippen LogP contribution in [0.2, 0.25) is 0 Å². The first-order chi connectivity index (χ1) is 14.2. The average molecular weight is 391 g/mol. The number of hydrogen-bond donors (Lipinski definition) is 1. The Morgan fingerprint density at radius 2 is 1.90 bits per heavy atom. The second-order valence-corrected chi connectivity index (χ2v) is 7.47. The molecule has 29 heavy (non-hydrogen) atoms. The number of amides is 1. The van der Waals surface area contributed by atoms with Crippen molar-refractivity contribution >= 4 is 16.7 Å². The zero-order valence-corrected chi connectivity index (χ0v) is 16.3. The Balaban J connectivity index is 1.24. The molecule has 6 heteroatoms. The van der Waals surface area contributed by atoms with Crippen LogP contribution in [-0.4, -0.2) is 28.6 Å². The molecule has 150 valence electrons. The minimum atomic E-state index is -0.221. The molecule has 0 spiro atoms. The van der Waals surface area contributed by atoms with Crippen molar-refractivity contribution in [3.8, 4) is 5.75 Å². The average Bonchev–Trinajstić information content (AvgIpc) is 3.28. The molecule has 1 aliphatic rings. The number of ether oxygens (including phenoxy) is 1. The molecule has 0 aliphatic heterocycles. The summed E-state index contributed by atoms with van der Waals surface area (Å²) in [5, 5.41) is 4.98. The fraction of sp³-hybridized carbons (Fsp3) is 0.348. The second-order valence-electron chi connectivity index (χ2n) is 7.47. The number of hydrogen-bond acceptors (Lipinski definition) is 4. The van der Waals surface area contributed by atoms with Gasteiger partial charge in [-0.1, -0.05) is 43.2 Å². The van der Waals surface area contributed by atoms with Crippen LogP contribution < -0.4 is 15.6 Å². The molecule has 0 atom stereocenters. The van der Waals surface area contributed by atoms with E-state index in [2.05, 4.69) is 10.3 Å². The standard InChI is InChI=1S/C23H25N3O3/c27-22(15-29-20-10-9-17-5-1-4-8-19(17)13-20)24-11-12-26-16-25-21(14-23(26)28)18-6-2-3-7-18/h1,4-5,8-10,13-14,16,18H,2-3,6-7,11-12,15H2,(H,24,27). The Morgan fingerprint density at radius 3 is 2.69 bits per heavy atom. The summed E-state index contributed by atoms with van der Waals surface area (Å²) in [6, 6.07) is 15.4. The van der Waals surface area contributed by atoms with Gasteiger partial charge in [0.25, 0.3) is 11.5 Å². The summed E-state index contributed by atoms with van der Waals surface area (Å²) in [4.78, 5) is 28.8. The van der Waals surface area contributed by atoms with Crippen molar-refractivity contribution in [1.29, 1.82) is 0 Å². The molecular weight excluding hydrogens is 366 g/mol. The van der Waals surface area contributed by atoms with E-state index in [1.54, 1.807) is 12.4 Å². The topological polar surface area (TPSA) is 73.2 Å². The maximum Gasteiger partial charge on any atom is 0.258 e. The van der Waals surface area contributed by atoms with Crippen LogP contribution in [0, 0.1) is 0 Å². The largest absolute Gasteiger partial charge is 0.484 e. The predicted molar refractivity (Wildman–Crippen MR) is 112 cm³/mol. The summed E-state index contributed by atoms with van der Waals surface area (Å²) >= 11 is 0. The van der Waals surface area contributed by atoms with E-state index in [0.29, 0.717) is 24.8 Å². The predicted octanol–water partition coefficient (Wildman–Crippen LogP) is 3.25. The number of carbonyl (C=O) groups excluding carboxylic acids is 1. The van der Waals surface area contributed by atoms with Crippen LogP contribution in [0.3, 0.4) is 0 Å². The second kappa shape index (κ2) is 8.90. The van der Waals surface area contributed by atoms with Gasteiger partial charge in [-0.15, -0.1) is 0 Å². The number of rotatable bonds is 7. The normalized spacial score (nSPS) is 14.2. The molecule has 2 aromatic carbocycles. The molecule has 1 aliphatic carbocycles. The summed E-state index contributed by atoms with van der Waals surface area (Å²) < 4.78 is 7.11. The Kier molecular flexibility index (Phi) is 5.89. The third kappa shape index (κ3) is 4.83. The first kappa shape index (κ1) is 19.2. The third-order valence-electron chi connectivity index (χ3n) is 5.44.